The Hall–Kier alpha value is -3.61. The van der Waals surface area contributed by atoms with E-state index in [-0.39, 0.29) is 11.3 Å². The zero-order chi connectivity index (χ0) is 21.3. The molecule has 0 N–H and O–H groups in total. The van der Waals surface area contributed by atoms with E-state index in [1.54, 1.807) is 21.8 Å². The van der Waals surface area contributed by atoms with Crippen molar-refractivity contribution >= 4 is 11.5 Å². The molecule has 1 aromatic carbocycles. The normalized spacial score (nSPS) is 14.6. The van der Waals surface area contributed by atoms with Crippen LogP contribution >= 0.6 is 0 Å². The number of rotatable bonds is 3. The Bertz CT molecular complexity index is 1080. The van der Waals surface area contributed by atoms with Crippen molar-refractivity contribution in [2.75, 3.05) is 36.0 Å². The highest BCUT2D eigenvalue weighted by Gasteiger charge is 2.36. The standard InChI is InChI=1S/C20H18F3N7/c1-14-6-7-30(27-14)19-5-4-18(25-26-19)29-10-8-28(9-11-29)17-3-2-15(13-24)12-16(17)20(21,22)23/h2-7,12H,8-11H2,1H3. The Morgan fingerprint density at radius 2 is 1.60 bits per heavy atom. The van der Waals surface area contributed by atoms with Crippen molar-refractivity contribution in [2.24, 2.45) is 0 Å². The summed E-state index contributed by atoms with van der Waals surface area (Å²) in [5.74, 6) is 1.26. The third-order valence-corrected chi connectivity index (χ3v) is 4.97. The number of aryl methyl sites for hydroxylation is 1. The van der Waals surface area contributed by atoms with Crippen molar-refractivity contribution in [3.63, 3.8) is 0 Å². The van der Waals surface area contributed by atoms with Crippen molar-refractivity contribution in [3.8, 4) is 11.9 Å². The van der Waals surface area contributed by atoms with E-state index in [4.69, 9.17) is 5.26 Å². The summed E-state index contributed by atoms with van der Waals surface area (Å²) in [6, 6.07) is 11.0. The van der Waals surface area contributed by atoms with Gasteiger partial charge in [0.05, 0.1) is 22.9 Å². The first-order valence-corrected chi connectivity index (χ1v) is 9.33. The zero-order valence-electron chi connectivity index (χ0n) is 16.1. The third-order valence-electron chi connectivity index (χ3n) is 4.97. The van der Waals surface area contributed by atoms with E-state index >= 15 is 0 Å². The summed E-state index contributed by atoms with van der Waals surface area (Å²) < 4.78 is 42.0. The van der Waals surface area contributed by atoms with E-state index in [0.29, 0.717) is 37.8 Å². The van der Waals surface area contributed by atoms with Gasteiger partial charge in [-0.3, -0.25) is 0 Å². The molecular formula is C20H18F3N7. The van der Waals surface area contributed by atoms with E-state index in [1.165, 1.54) is 12.1 Å². The molecule has 1 aliphatic rings. The molecule has 1 saturated heterocycles. The monoisotopic (exact) mass is 413 g/mol. The number of hydrogen-bond acceptors (Lipinski definition) is 6. The Morgan fingerprint density at radius 3 is 2.17 bits per heavy atom. The molecule has 0 aliphatic carbocycles. The van der Waals surface area contributed by atoms with Crippen LogP contribution in [-0.2, 0) is 6.18 Å². The Labute approximate surface area is 171 Å². The maximum atomic E-state index is 13.5. The molecule has 0 atom stereocenters. The summed E-state index contributed by atoms with van der Waals surface area (Å²) in [6.45, 7) is 3.70. The van der Waals surface area contributed by atoms with Crippen LogP contribution in [0.2, 0.25) is 0 Å². The van der Waals surface area contributed by atoms with Gasteiger partial charge >= 0.3 is 6.18 Å². The molecular weight excluding hydrogens is 395 g/mol. The number of aromatic nitrogens is 4. The summed E-state index contributed by atoms with van der Waals surface area (Å²) in [4.78, 5) is 3.67. The lowest BCUT2D eigenvalue weighted by Crippen LogP contribution is -2.47. The maximum absolute atomic E-state index is 13.5. The van der Waals surface area contributed by atoms with Gasteiger partial charge in [0.15, 0.2) is 11.6 Å². The van der Waals surface area contributed by atoms with Crippen LogP contribution in [0.1, 0.15) is 16.8 Å². The van der Waals surface area contributed by atoms with Crippen molar-refractivity contribution in [1.29, 1.82) is 5.26 Å². The quantitative estimate of drug-likeness (QED) is 0.657. The number of nitriles is 1. The number of hydrogen-bond donors (Lipinski definition) is 0. The van der Waals surface area contributed by atoms with Gasteiger partial charge in [-0.1, -0.05) is 0 Å². The van der Waals surface area contributed by atoms with Crippen LogP contribution in [0.3, 0.4) is 0 Å². The van der Waals surface area contributed by atoms with E-state index in [0.717, 1.165) is 11.8 Å². The molecule has 10 heteroatoms. The Kier molecular flexibility index (Phi) is 5.03. The van der Waals surface area contributed by atoms with Crippen LogP contribution in [0, 0.1) is 18.3 Å². The SMILES string of the molecule is Cc1ccn(-c2ccc(N3CCN(c4ccc(C#N)cc4C(F)(F)F)CC3)nn2)n1. The minimum Gasteiger partial charge on any atom is -0.367 e. The van der Waals surface area contributed by atoms with Gasteiger partial charge in [-0.05, 0) is 43.3 Å². The molecule has 7 nitrogen and oxygen atoms in total. The van der Waals surface area contributed by atoms with Crippen LogP contribution in [0.25, 0.3) is 5.82 Å². The molecule has 4 rings (SSSR count). The van der Waals surface area contributed by atoms with Gasteiger partial charge in [0.25, 0.3) is 0 Å². The lowest BCUT2D eigenvalue weighted by atomic mass is 10.1. The van der Waals surface area contributed by atoms with Gasteiger partial charge < -0.3 is 9.80 Å². The summed E-state index contributed by atoms with van der Waals surface area (Å²) in [7, 11) is 0. The van der Waals surface area contributed by atoms with Crippen LogP contribution in [0.4, 0.5) is 24.7 Å². The summed E-state index contributed by atoms with van der Waals surface area (Å²) in [6.07, 6.45) is -2.72. The first-order valence-electron chi connectivity index (χ1n) is 9.33. The molecule has 3 heterocycles. The van der Waals surface area contributed by atoms with Crippen molar-refractivity contribution in [1.82, 2.24) is 20.0 Å². The molecule has 3 aromatic rings. The minimum absolute atomic E-state index is 0.00699. The number of anilines is 2. The number of benzene rings is 1. The van der Waals surface area contributed by atoms with Crippen LogP contribution in [0.5, 0.6) is 0 Å². The fourth-order valence-corrected chi connectivity index (χ4v) is 3.44. The summed E-state index contributed by atoms with van der Waals surface area (Å²) >= 11 is 0. The number of alkyl halides is 3. The van der Waals surface area contributed by atoms with Crippen molar-refractivity contribution < 1.29 is 13.2 Å². The van der Waals surface area contributed by atoms with Gasteiger partial charge in [-0.15, -0.1) is 10.2 Å². The second-order valence-corrected chi connectivity index (χ2v) is 6.97. The van der Waals surface area contributed by atoms with Crippen LogP contribution in [-0.4, -0.2) is 46.2 Å². The van der Waals surface area contributed by atoms with E-state index in [2.05, 4.69) is 15.3 Å². The van der Waals surface area contributed by atoms with Gasteiger partial charge in [0, 0.05) is 38.1 Å². The molecule has 1 fully saturated rings. The van der Waals surface area contributed by atoms with E-state index < -0.39 is 11.7 Å². The van der Waals surface area contributed by atoms with Gasteiger partial charge in [-0.25, -0.2) is 4.68 Å². The Balaban J connectivity index is 1.47. The van der Waals surface area contributed by atoms with E-state index in [9.17, 15) is 13.2 Å². The smallest absolute Gasteiger partial charge is 0.367 e. The third kappa shape index (κ3) is 3.91. The maximum Gasteiger partial charge on any atom is 0.418 e. The molecule has 0 saturated carbocycles. The molecule has 30 heavy (non-hydrogen) atoms. The van der Waals surface area contributed by atoms with Crippen molar-refractivity contribution in [3.05, 3.63) is 59.4 Å². The highest BCUT2D eigenvalue weighted by molar-refractivity contribution is 5.59. The molecule has 0 spiro atoms. The molecule has 154 valence electrons. The fourth-order valence-electron chi connectivity index (χ4n) is 3.44. The summed E-state index contributed by atoms with van der Waals surface area (Å²) in [5.41, 5.74) is 0.177. The van der Waals surface area contributed by atoms with Crippen LogP contribution in [0.15, 0.2) is 42.6 Å². The highest BCUT2D eigenvalue weighted by atomic mass is 19.4. The fraction of sp³-hybridized carbons (Fsp3) is 0.300. The van der Waals surface area contributed by atoms with E-state index in [1.807, 2.05) is 30.0 Å². The molecule has 1 aliphatic heterocycles. The summed E-state index contributed by atoms with van der Waals surface area (Å²) in [5, 5.41) is 21.7. The highest BCUT2D eigenvalue weighted by Crippen LogP contribution is 2.37. The second-order valence-electron chi connectivity index (χ2n) is 6.97. The zero-order valence-corrected chi connectivity index (χ0v) is 16.1. The van der Waals surface area contributed by atoms with Crippen molar-refractivity contribution in [2.45, 2.75) is 13.1 Å². The minimum atomic E-state index is -4.52. The Morgan fingerprint density at radius 1 is 0.933 bits per heavy atom. The molecule has 0 amide bonds. The number of piperazine rings is 1. The lowest BCUT2D eigenvalue weighted by Gasteiger charge is -2.37. The average molecular weight is 413 g/mol. The predicted molar refractivity (Wildman–Crippen MR) is 104 cm³/mol. The topological polar surface area (TPSA) is 73.9 Å². The average Bonchev–Trinajstić information content (AvgIpc) is 3.19. The first-order chi connectivity index (χ1) is 14.3. The largest absolute Gasteiger partial charge is 0.418 e. The van der Waals surface area contributed by atoms with Gasteiger partial charge in [-0.2, -0.15) is 23.5 Å². The predicted octanol–water partition coefficient (Wildman–Crippen LogP) is 3.19. The number of nitrogens with zero attached hydrogens (tertiary/aromatic N) is 7. The molecule has 0 unspecified atom stereocenters. The first kappa shape index (κ1) is 19.7. The molecule has 0 radical (unpaired) electrons. The molecule has 0 bridgehead atoms. The van der Waals surface area contributed by atoms with Gasteiger partial charge in [0.1, 0.15) is 0 Å². The van der Waals surface area contributed by atoms with Crippen LogP contribution < -0.4 is 9.80 Å². The molecule has 2 aromatic heterocycles. The van der Waals surface area contributed by atoms with Gasteiger partial charge in [0.2, 0.25) is 0 Å². The lowest BCUT2D eigenvalue weighted by molar-refractivity contribution is -0.137. The second kappa shape index (κ2) is 7.67. The number of halogens is 3.